The maximum Gasteiger partial charge on any atom is 0.321 e. The van der Waals surface area contributed by atoms with Crippen LogP contribution in [0.5, 0.6) is 5.75 Å². The molecule has 2 fully saturated rings. The normalized spacial score (nSPS) is 38.9. The third-order valence-electron chi connectivity index (χ3n) is 6.69. The number of hydrogen-bond donors (Lipinski definition) is 4. The van der Waals surface area contributed by atoms with Crippen LogP contribution >= 0.6 is 0 Å². The van der Waals surface area contributed by atoms with Gasteiger partial charge in [-0.3, -0.25) is 24.0 Å². The summed E-state index contributed by atoms with van der Waals surface area (Å²) in [7, 11) is 0. The average Bonchev–Trinajstić information content (AvgIpc) is 2.65. The third kappa shape index (κ3) is 2.25. The zero-order valence-electron chi connectivity index (χ0n) is 15.2. The summed E-state index contributed by atoms with van der Waals surface area (Å²) < 4.78 is 0. The average molecular weight is 402 g/mol. The molecule has 4 rings (SSSR count). The van der Waals surface area contributed by atoms with Crippen molar-refractivity contribution in [2.75, 3.05) is 0 Å². The van der Waals surface area contributed by atoms with Gasteiger partial charge in [-0.25, -0.2) is 0 Å². The van der Waals surface area contributed by atoms with E-state index in [2.05, 4.69) is 0 Å². The molecule has 1 aromatic carbocycles. The summed E-state index contributed by atoms with van der Waals surface area (Å²) in [6.07, 6.45) is -2.26. The molecule has 29 heavy (non-hydrogen) atoms. The molecule has 3 aliphatic carbocycles. The second-order valence-corrected chi connectivity index (χ2v) is 7.98. The number of carbonyl (C=O) groups excluding carboxylic acids is 4. The molecular formula is C20H18O9. The molecule has 0 saturated heterocycles. The van der Waals surface area contributed by atoms with Crippen molar-refractivity contribution < 1.29 is 44.4 Å². The fraction of sp³-hybridized carbons (Fsp3) is 0.450. The molecule has 0 radical (unpaired) electrons. The van der Waals surface area contributed by atoms with Crippen molar-refractivity contribution in [1.29, 1.82) is 0 Å². The number of aromatic hydroxyl groups is 1. The monoisotopic (exact) mass is 402 g/mol. The van der Waals surface area contributed by atoms with E-state index >= 15 is 0 Å². The van der Waals surface area contributed by atoms with Crippen LogP contribution in [-0.4, -0.2) is 61.2 Å². The SMILES string of the molecule is C[C@H]1c2cccc(O)c2C(=O)C2C(=O)[C@]3(O)C(=O)C(C(=O)O)C(=O)C[C@@H]3[C@@H](O)[C@@H]21. The van der Waals surface area contributed by atoms with E-state index in [1.165, 1.54) is 12.1 Å². The van der Waals surface area contributed by atoms with Gasteiger partial charge in [0.2, 0.25) is 0 Å². The van der Waals surface area contributed by atoms with E-state index in [0.717, 1.165) is 0 Å². The second-order valence-electron chi connectivity index (χ2n) is 7.98. The molecule has 2 saturated carbocycles. The number of carboxylic acids is 1. The number of Topliss-reactive ketones (excluding diaryl/α,β-unsaturated/α-hetero) is 4. The molecular weight excluding hydrogens is 384 g/mol. The number of ketones is 4. The number of hydrogen-bond acceptors (Lipinski definition) is 8. The Kier molecular flexibility index (Phi) is 4.04. The molecule has 7 atom stereocenters. The van der Waals surface area contributed by atoms with E-state index in [9.17, 15) is 44.4 Å². The first-order valence-corrected chi connectivity index (χ1v) is 9.14. The molecule has 1 aromatic rings. The summed E-state index contributed by atoms with van der Waals surface area (Å²) in [6.45, 7) is 1.63. The number of carboxylic acid groups (broad SMARTS) is 1. The summed E-state index contributed by atoms with van der Waals surface area (Å²) >= 11 is 0. The first-order valence-electron chi connectivity index (χ1n) is 9.14. The van der Waals surface area contributed by atoms with Crippen molar-refractivity contribution in [3.8, 4) is 5.75 Å². The molecule has 2 unspecified atom stereocenters. The van der Waals surface area contributed by atoms with E-state index < -0.39 is 76.8 Å². The number of phenols is 1. The van der Waals surface area contributed by atoms with E-state index in [1.807, 2.05) is 0 Å². The van der Waals surface area contributed by atoms with Gasteiger partial charge in [-0.15, -0.1) is 0 Å². The highest BCUT2D eigenvalue weighted by atomic mass is 16.4. The van der Waals surface area contributed by atoms with Crippen LogP contribution < -0.4 is 0 Å². The minimum atomic E-state index is -2.96. The molecule has 9 nitrogen and oxygen atoms in total. The number of aliphatic carboxylic acids is 1. The molecule has 0 spiro atoms. The van der Waals surface area contributed by atoms with Gasteiger partial charge in [-0.1, -0.05) is 19.1 Å². The number of carbonyl (C=O) groups is 5. The smallest absolute Gasteiger partial charge is 0.321 e. The summed E-state index contributed by atoms with van der Waals surface area (Å²) in [5.41, 5.74) is -2.68. The van der Waals surface area contributed by atoms with Crippen molar-refractivity contribution in [2.24, 2.45) is 23.7 Å². The lowest BCUT2D eigenvalue weighted by Gasteiger charge is -2.52. The predicted molar refractivity (Wildman–Crippen MR) is 93.0 cm³/mol. The van der Waals surface area contributed by atoms with Gasteiger partial charge < -0.3 is 20.4 Å². The van der Waals surface area contributed by atoms with Gasteiger partial charge in [-0.05, 0) is 17.5 Å². The quantitative estimate of drug-likeness (QED) is 0.451. The van der Waals surface area contributed by atoms with E-state index in [0.29, 0.717) is 5.56 Å². The fourth-order valence-electron chi connectivity index (χ4n) is 5.28. The molecule has 0 aromatic heterocycles. The molecule has 0 heterocycles. The lowest BCUT2D eigenvalue weighted by atomic mass is 9.51. The van der Waals surface area contributed by atoms with Crippen LogP contribution in [0.25, 0.3) is 0 Å². The second kappa shape index (κ2) is 6.04. The standard InChI is InChI=1S/C20H18O9/c1-6-7-3-2-4-9(21)12(7)16(24)14-11(6)15(23)8-5-10(22)13(19(27)28)17(25)20(8,29)18(14)26/h2-4,6,8,11,13-15,21,23,29H,5H2,1H3,(H,27,28)/t6-,8+,11+,13?,14?,15+,20+/m0/s1. The zero-order chi connectivity index (χ0) is 21.4. The van der Waals surface area contributed by atoms with Crippen molar-refractivity contribution in [1.82, 2.24) is 0 Å². The molecule has 0 aliphatic heterocycles. The lowest BCUT2D eigenvalue weighted by molar-refractivity contribution is -0.190. The maximum absolute atomic E-state index is 13.2. The van der Waals surface area contributed by atoms with Crippen molar-refractivity contribution in [3.63, 3.8) is 0 Å². The molecule has 3 aliphatic rings. The molecule has 0 bridgehead atoms. The Morgan fingerprint density at radius 3 is 2.41 bits per heavy atom. The number of aliphatic hydroxyl groups is 2. The van der Waals surface area contributed by atoms with E-state index in [4.69, 9.17) is 0 Å². The Morgan fingerprint density at radius 1 is 1.14 bits per heavy atom. The van der Waals surface area contributed by atoms with Gasteiger partial charge in [0.1, 0.15) is 5.75 Å². The molecule has 152 valence electrons. The predicted octanol–water partition coefficient (Wildman–Crippen LogP) is -0.542. The van der Waals surface area contributed by atoms with Crippen LogP contribution in [0.4, 0.5) is 0 Å². The maximum atomic E-state index is 13.2. The van der Waals surface area contributed by atoms with E-state index in [-0.39, 0.29) is 11.3 Å². The van der Waals surface area contributed by atoms with Crippen LogP contribution in [0, 0.1) is 23.7 Å². The van der Waals surface area contributed by atoms with E-state index in [1.54, 1.807) is 13.0 Å². The Bertz CT molecular complexity index is 996. The largest absolute Gasteiger partial charge is 0.507 e. The van der Waals surface area contributed by atoms with Crippen LogP contribution in [-0.2, 0) is 19.2 Å². The summed E-state index contributed by atoms with van der Waals surface area (Å²) in [6, 6.07) is 4.34. The highest BCUT2D eigenvalue weighted by molar-refractivity contribution is 6.31. The van der Waals surface area contributed by atoms with Gasteiger partial charge in [0.25, 0.3) is 0 Å². The number of phenolic OH excluding ortho intramolecular Hbond substituents is 1. The van der Waals surface area contributed by atoms with Crippen molar-refractivity contribution in [2.45, 2.75) is 31.0 Å². The highest BCUT2D eigenvalue weighted by Gasteiger charge is 2.70. The molecule has 4 N–H and O–H groups in total. The third-order valence-corrected chi connectivity index (χ3v) is 6.69. The van der Waals surface area contributed by atoms with Gasteiger partial charge in [0.15, 0.2) is 34.7 Å². The molecule has 9 heteroatoms. The lowest BCUT2D eigenvalue weighted by Crippen LogP contribution is -2.72. The summed E-state index contributed by atoms with van der Waals surface area (Å²) in [5.74, 6) is -13.9. The van der Waals surface area contributed by atoms with Gasteiger partial charge in [-0.2, -0.15) is 0 Å². The Labute approximate surface area is 164 Å². The zero-order valence-corrected chi connectivity index (χ0v) is 15.2. The highest BCUT2D eigenvalue weighted by Crippen LogP contribution is 2.53. The first kappa shape index (κ1) is 19.4. The summed E-state index contributed by atoms with van der Waals surface area (Å²) in [5, 5.41) is 41.3. The topological polar surface area (TPSA) is 166 Å². The Hall–Kier alpha value is -2.91. The van der Waals surface area contributed by atoms with Crippen molar-refractivity contribution >= 4 is 29.1 Å². The first-order chi connectivity index (χ1) is 13.5. The number of benzene rings is 1. The van der Waals surface area contributed by atoms with Crippen LogP contribution in [0.1, 0.15) is 35.2 Å². The van der Waals surface area contributed by atoms with Gasteiger partial charge >= 0.3 is 5.97 Å². The van der Waals surface area contributed by atoms with Crippen LogP contribution in [0.2, 0.25) is 0 Å². The number of rotatable bonds is 1. The molecule has 0 amide bonds. The fourth-order valence-corrected chi connectivity index (χ4v) is 5.28. The van der Waals surface area contributed by atoms with Crippen LogP contribution in [0.15, 0.2) is 18.2 Å². The number of fused-ring (bicyclic) bond motifs is 3. The van der Waals surface area contributed by atoms with Crippen molar-refractivity contribution in [3.05, 3.63) is 29.3 Å². The minimum absolute atomic E-state index is 0.127. The Morgan fingerprint density at radius 2 is 1.79 bits per heavy atom. The van der Waals surface area contributed by atoms with Gasteiger partial charge in [0, 0.05) is 18.3 Å². The number of aliphatic hydroxyl groups excluding tert-OH is 1. The summed E-state index contributed by atoms with van der Waals surface area (Å²) in [4.78, 5) is 62.6. The van der Waals surface area contributed by atoms with Gasteiger partial charge in [0.05, 0.1) is 17.6 Å². The van der Waals surface area contributed by atoms with Crippen LogP contribution in [0.3, 0.4) is 0 Å². The minimum Gasteiger partial charge on any atom is -0.507 e. The Balaban J connectivity index is 1.90.